The Bertz CT molecular complexity index is 1160. The topological polar surface area (TPSA) is 61.0 Å². The van der Waals surface area contributed by atoms with Gasteiger partial charge < -0.3 is 15.2 Å². The number of rotatable bonds is 3. The SMILES string of the molecule is Cc1c[nH]c2ncc(-c3cc4c(c(C5CCCN5)c3)C(=O)N(CC(F)(F)F)CC4)cc12. The molecule has 1 atom stereocenters. The van der Waals surface area contributed by atoms with Crippen LogP contribution in [0.25, 0.3) is 22.2 Å². The predicted molar refractivity (Wildman–Crippen MR) is 112 cm³/mol. The minimum atomic E-state index is -4.41. The Balaban J connectivity index is 1.62. The van der Waals surface area contributed by atoms with Crippen molar-refractivity contribution >= 4 is 16.9 Å². The van der Waals surface area contributed by atoms with E-state index in [-0.39, 0.29) is 12.6 Å². The zero-order valence-corrected chi connectivity index (χ0v) is 17.1. The molecule has 1 unspecified atom stereocenters. The molecule has 0 aliphatic carbocycles. The molecule has 5 nitrogen and oxygen atoms in total. The number of fused-ring (bicyclic) bond motifs is 2. The van der Waals surface area contributed by atoms with Crippen molar-refractivity contribution < 1.29 is 18.0 Å². The van der Waals surface area contributed by atoms with Crippen LogP contribution in [0.2, 0.25) is 0 Å². The van der Waals surface area contributed by atoms with E-state index in [1.807, 2.05) is 25.3 Å². The molecule has 3 aromatic rings. The molecule has 1 aromatic carbocycles. The summed E-state index contributed by atoms with van der Waals surface area (Å²) in [6.45, 7) is 1.71. The van der Waals surface area contributed by atoms with Crippen molar-refractivity contribution in [1.82, 2.24) is 20.2 Å². The molecule has 5 rings (SSSR count). The number of alkyl halides is 3. The Morgan fingerprint density at radius 3 is 2.81 bits per heavy atom. The van der Waals surface area contributed by atoms with Gasteiger partial charge in [0.25, 0.3) is 5.91 Å². The lowest BCUT2D eigenvalue weighted by Gasteiger charge is -2.32. The number of H-pyrrole nitrogens is 1. The van der Waals surface area contributed by atoms with Gasteiger partial charge in [-0.1, -0.05) is 6.07 Å². The van der Waals surface area contributed by atoms with E-state index in [0.29, 0.717) is 12.0 Å². The average Bonchev–Trinajstić information content (AvgIpc) is 3.39. The monoisotopic (exact) mass is 428 g/mol. The number of nitrogens with zero attached hydrogens (tertiary/aromatic N) is 2. The van der Waals surface area contributed by atoms with Gasteiger partial charge in [0, 0.05) is 41.5 Å². The molecule has 1 fully saturated rings. The van der Waals surface area contributed by atoms with Crippen molar-refractivity contribution in [1.29, 1.82) is 0 Å². The third-order valence-corrected chi connectivity index (χ3v) is 6.28. The third-order valence-electron chi connectivity index (χ3n) is 6.28. The van der Waals surface area contributed by atoms with Crippen LogP contribution in [0, 0.1) is 6.92 Å². The second kappa shape index (κ2) is 7.37. The number of carbonyl (C=O) groups excluding carboxylic acids is 1. The van der Waals surface area contributed by atoms with Gasteiger partial charge in [0.15, 0.2) is 0 Å². The Labute approximate surface area is 177 Å². The Morgan fingerprint density at radius 1 is 1.23 bits per heavy atom. The van der Waals surface area contributed by atoms with Gasteiger partial charge in [0.1, 0.15) is 12.2 Å². The normalized spacial score (nSPS) is 19.3. The number of pyridine rings is 1. The minimum Gasteiger partial charge on any atom is -0.346 e. The molecule has 0 radical (unpaired) electrons. The molecule has 0 spiro atoms. The fourth-order valence-corrected chi connectivity index (χ4v) is 4.75. The van der Waals surface area contributed by atoms with E-state index >= 15 is 0 Å². The summed E-state index contributed by atoms with van der Waals surface area (Å²) >= 11 is 0. The van der Waals surface area contributed by atoms with E-state index in [0.717, 1.165) is 63.1 Å². The van der Waals surface area contributed by atoms with Crippen LogP contribution < -0.4 is 5.32 Å². The molecule has 2 aliphatic heterocycles. The van der Waals surface area contributed by atoms with Gasteiger partial charge in [-0.3, -0.25) is 4.79 Å². The summed E-state index contributed by atoms with van der Waals surface area (Å²) in [6, 6.07) is 5.94. The lowest BCUT2D eigenvalue weighted by atomic mass is 9.86. The maximum atomic E-state index is 13.1. The summed E-state index contributed by atoms with van der Waals surface area (Å²) in [5, 5.41) is 4.44. The van der Waals surface area contributed by atoms with Gasteiger partial charge >= 0.3 is 6.18 Å². The van der Waals surface area contributed by atoms with E-state index in [4.69, 9.17) is 0 Å². The van der Waals surface area contributed by atoms with Gasteiger partial charge in [0.05, 0.1) is 0 Å². The van der Waals surface area contributed by atoms with Crippen molar-refractivity contribution in [2.75, 3.05) is 19.6 Å². The Kier molecular flexibility index (Phi) is 4.77. The van der Waals surface area contributed by atoms with E-state index in [1.165, 1.54) is 0 Å². The molecule has 2 N–H and O–H groups in total. The van der Waals surface area contributed by atoms with Crippen LogP contribution in [0.4, 0.5) is 13.2 Å². The number of hydrogen-bond acceptors (Lipinski definition) is 3. The van der Waals surface area contributed by atoms with Crippen LogP contribution in [-0.4, -0.2) is 46.6 Å². The van der Waals surface area contributed by atoms with Crippen LogP contribution in [-0.2, 0) is 6.42 Å². The molecule has 4 heterocycles. The number of aryl methyl sites for hydroxylation is 1. The largest absolute Gasteiger partial charge is 0.406 e. The van der Waals surface area contributed by atoms with Gasteiger partial charge in [-0.2, -0.15) is 13.2 Å². The standard InChI is InChI=1S/C23H23F3N4O/c1-13-10-28-21-17(13)9-16(11-29-21)15-7-14-4-6-30(12-23(24,25)26)22(31)20(14)18(8-15)19-3-2-5-27-19/h7-11,19,27H,2-6,12H2,1H3,(H,28,29). The molecule has 2 aromatic heterocycles. The summed E-state index contributed by atoms with van der Waals surface area (Å²) < 4.78 is 39.0. The summed E-state index contributed by atoms with van der Waals surface area (Å²) in [5.41, 5.74) is 5.83. The lowest BCUT2D eigenvalue weighted by Crippen LogP contribution is -2.44. The number of nitrogens with one attached hydrogen (secondary N) is 2. The molecule has 1 amide bonds. The highest BCUT2D eigenvalue weighted by Gasteiger charge is 2.37. The molecule has 0 bridgehead atoms. The Morgan fingerprint density at radius 2 is 2.06 bits per heavy atom. The van der Waals surface area contributed by atoms with Crippen molar-refractivity contribution in [2.24, 2.45) is 0 Å². The van der Waals surface area contributed by atoms with Gasteiger partial charge in [-0.05, 0) is 67.1 Å². The highest BCUT2D eigenvalue weighted by molar-refractivity contribution is 5.99. The zero-order valence-electron chi connectivity index (χ0n) is 17.1. The smallest absolute Gasteiger partial charge is 0.346 e. The highest BCUT2D eigenvalue weighted by atomic mass is 19.4. The molecule has 2 aliphatic rings. The number of carbonyl (C=O) groups is 1. The van der Waals surface area contributed by atoms with Gasteiger partial charge in [-0.15, -0.1) is 0 Å². The average molecular weight is 428 g/mol. The zero-order chi connectivity index (χ0) is 21.8. The molecule has 31 heavy (non-hydrogen) atoms. The maximum Gasteiger partial charge on any atom is 0.406 e. The Hall–Kier alpha value is -2.87. The molecule has 0 saturated carbocycles. The first-order chi connectivity index (χ1) is 14.8. The molecule has 162 valence electrons. The van der Waals surface area contributed by atoms with Crippen molar-refractivity contribution in [2.45, 2.75) is 38.4 Å². The van der Waals surface area contributed by atoms with Crippen LogP contribution in [0.1, 0.15) is 45.9 Å². The van der Waals surface area contributed by atoms with Crippen molar-refractivity contribution in [3.63, 3.8) is 0 Å². The first-order valence-electron chi connectivity index (χ1n) is 10.5. The van der Waals surface area contributed by atoms with Crippen molar-refractivity contribution in [3.05, 3.63) is 52.8 Å². The van der Waals surface area contributed by atoms with Crippen LogP contribution >= 0.6 is 0 Å². The first-order valence-corrected chi connectivity index (χ1v) is 10.5. The predicted octanol–water partition coefficient (Wildman–Crippen LogP) is 4.52. The van der Waals surface area contributed by atoms with E-state index < -0.39 is 18.6 Å². The maximum absolute atomic E-state index is 13.1. The second-order valence-electron chi connectivity index (χ2n) is 8.43. The number of halogens is 3. The molecule has 1 saturated heterocycles. The number of aromatic amines is 1. The first kappa shape index (κ1) is 20.1. The van der Waals surface area contributed by atoms with Crippen LogP contribution in [0.3, 0.4) is 0 Å². The summed E-state index contributed by atoms with van der Waals surface area (Å²) in [7, 11) is 0. The van der Waals surface area contributed by atoms with Crippen molar-refractivity contribution in [3.8, 4) is 11.1 Å². The number of benzene rings is 1. The summed E-state index contributed by atoms with van der Waals surface area (Å²) in [6.07, 6.45) is 1.54. The minimum absolute atomic E-state index is 0.0332. The van der Waals surface area contributed by atoms with Gasteiger partial charge in [-0.25, -0.2) is 4.98 Å². The van der Waals surface area contributed by atoms with Crippen LogP contribution in [0.5, 0.6) is 0 Å². The van der Waals surface area contributed by atoms with E-state index in [9.17, 15) is 18.0 Å². The molecule has 8 heteroatoms. The number of hydrogen-bond donors (Lipinski definition) is 2. The quantitative estimate of drug-likeness (QED) is 0.645. The fourth-order valence-electron chi connectivity index (χ4n) is 4.75. The van der Waals surface area contributed by atoms with E-state index in [1.54, 1.807) is 6.20 Å². The second-order valence-corrected chi connectivity index (χ2v) is 8.43. The third kappa shape index (κ3) is 3.69. The fraction of sp³-hybridized carbons (Fsp3) is 0.391. The summed E-state index contributed by atoms with van der Waals surface area (Å²) in [4.78, 5) is 21.7. The van der Waals surface area contributed by atoms with E-state index in [2.05, 4.69) is 21.4 Å². The number of amides is 1. The molecular formula is C23H23F3N4O. The highest BCUT2D eigenvalue weighted by Crippen LogP contribution is 2.36. The number of aromatic nitrogens is 2. The summed E-state index contributed by atoms with van der Waals surface area (Å²) in [5.74, 6) is -0.524. The molecular weight excluding hydrogens is 405 g/mol. The van der Waals surface area contributed by atoms with Crippen LogP contribution in [0.15, 0.2) is 30.6 Å². The van der Waals surface area contributed by atoms with Gasteiger partial charge in [0.2, 0.25) is 0 Å². The lowest BCUT2D eigenvalue weighted by molar-refractivity contribution is -0.141.